The number of hydrogen-bond acceptors (Lipinski definition) is 4. The fourth-order valence-electron chi connectivity index (χ4n) is 1.98. The molecule has 0 bridgehead atoms. The van der Waals surface area contributed by atoms with Crippen LogP contribution in [0.15, 0.2) is 5.16 Å². The molecule has 1 aromatic rings. The lowest BCUT2D eigenvalue weighted by Crippen LogP contribution is -2.10. The predicted octanol–water partition coefficient (Wildman–Crippen LogP) is 3.55. The van der Waals surface area contributed by atoms with Crippen molar-refractivity contribution in [3.05, 3.63) is 5.01 Å². The Hall–Kier alpha value is -0.0900. The Morgan fingerprint density at radius 1 is 1.29 bits per heavy atom. The quantitative estimate of drug-likeness (QED) is 0.724. The van der Waals surface area contributed by atoms with E-state index in [0.717, 1.165) is 11.1 Å². The van der Waals surface area contributed by atoms with Gasteiger partial charge in [0.15, 0.2) is 5.16 Å². The van der Waals surface area contributed by atoms with Crippen LogP contribution in [-0.2, 0) is 0 Å². The molecule has 2 rings (SSSR count). The van der Waals surface area contributed by atoms with Crippen LogP contribution in [0.2, 0.25) is 0 Å². The topological polar surface area (TPSA) is 25.8 Å². The molecule has 1 aromatic heterocycles. The van der Waals surface area contributed by atoms with Crippen LogP contribution in [-0.4, -0.2) is 15.6 Å². The van der Waals surface area contributed by atoms with Crippen LogP contribution in [0.4, 0.5) is 0 Å². The zero-order valence-electron chi connectivity index (χ0n) is 8.69. The highest BCUT2D eigenvalue weighted by Crippen LogP contribution is 2.36. The van der Waals surface area contributed by atoms with Crippen LogP contribution >= 0.6 is 23.3 Å². The van der Waals surface area contributed by atoms with E-state index >= 15 is 0 Å². The van der Waals surface area contributed by atoms with Crippen molar-refractivity contribution in [2.45, 2.75) is 43.7 Å². The van der Waals surface area contributed by atoms with E-state index in [-0.39, 0.29) is 0 Å². The monoisotopic (exact) mass is 228 g/mol. The first-order valence-corrected chi connectivity index (χ1v) is 7.17. The summed E-state index contributed by atoms with van der Waals surface area (Å²) < 4.78 is 4.32. The molecule has 14 heavy (non-hydrogen) atoms. The molecule has 1 aliphatic rings. The molecule has 78 valence electrons. The van der Waals surface area contributed by atoms with E-state index in [9.17, 15) is 0 Å². The third kappa shape index (κ3) is 2.28. The van der Waals surface area contributed by atoms with Gasteiger partial charge in [-0.2, -0.15) is 4.37 Å². The van der Waals surface area contributed by atoms with Crippen LogP contribution < -0.4 is 0 Å². The molecule has 0 N–H and O–H groups in total. The molecule has 1 fully saturated rings. The van der Waals surface area contributed by atoms with Gasteiger partial charge in [-0.1, -0.05) is 31.5 Å². The minimum Gasteiger partial charge on any atom is -0.214 e. The van der Waals surface area contributed by atoms with E-state index in [1.54, 1.807) is 23.3 Å². The van der Waals surface area contributed by atoms with Crippen LogP contribution in [0.25, 0.3) is 0 Å². The highest BCUT2D eigenvalue weighted by atomic mass is 32.2. The Balaban J connectivity index is 2.01. The number of rotatable bonds is 2. The normalized spacial score (nSPS) is 27.9. The Kier molecular flexibility index (Phi) is 3.44. The Morgan fingerprint density at radius 3 is 2.57 bits per heavy atom. The molecule has 0 spiro atoms. The van der Waals surface area contributed by atoms with Gasteiger partial charge in [-0.15, -0.1) is 0 Å². The van der Waals surface area contributed by atoms with Gasteiger partial charge in [0.2, 0.25) is 0 Å². The summed E-state index contributed by atoms with van der Waals surface area (Å²) in [6, 6.07) is 0. The molecule has 0 atom stereocenters. The molecule has 1 saturated carbocycles. The SMILES string of the molecule is CSc1nsc(C2CCC(C)CC2)n1. The summed E-state index contributed by atoms with van der Waals surface area (Å²) in [5, 5.41) is 2.21. The maximum Gasteiger partial charge on any atom is 0.200 e. The molecule has 0 amide bonds. The van der Waals surface area contributed by atoms with Gasteiger partial charge in [0, 0.05) is 5.92 Å². The van der Waals surface area contributed by atoms with Crippen molar-refractivity contribution < 1.29 is 0 Å². The van der Waals surface area contributed by atoms with E-state index in [1.807, 2.05) is 6.26 Å². The van der Waals surface area contributed by atoms with Gasteiger partial charge in [0.1, 0.15) is 5.01 Å². The maximum absolute atomic E-state index is 4.55. The van der Waals surface area contributed by atoms with Gasteiger partial charge in [0.25, 0.3) is 0 Å². The van der Waals surface area contributed by atoms with Gasteiger partial charge in [0.05, 0.1) is 0 Å². The lowest BCUT2D eigenvalue weighted by atomic mass is 9.83. The first-order chi connectivity index (χ1) is 6.79. The van der Waals surface area contributed by atoms with Gasteiger partial charge in [-0.3, -0.25) is 0 Å². The van der Waals surface area contributed by atoms with Crippen molar-refractivity contribution >= 4 is 23.3 Å². The van der Waals surface area contributed by atoms with E-state index in [4.69, 9.17) is 0 Å². The zero-order valence-corrected chi connectivity index (χ0v) is 10.3. The molecule has 0 saturated heterocycles. The minimum atomic E-state index is 0.699. The Bertz CT molecular complexity index is 290. The van der Waals surface area contributed by atoms with E-state index in [2.05, 4.69) is 16.3 Å². The number of hydrogen-bond donors (Lipinski definition) is 0. The van der Waals surface area contributed by atoms with Crippen LogP contribution in [0.1, 0.15) is 43.5 Å². The van der Waals surface area contributed by atoms with Gasteiger partial charge in [-0.05, 0) is 36.5 Å². The van der Waals surface area contributed by atoms with E-state index in [0.29, 0.717) is 5.92 Å². The molecule has 4 heteroatoms. The Labute approximate surface area is 93.7 Å². The van der Waals surface area contributed by atoms with E-state index < -0.39 is 0 Å². The summed E-state index contributed by atoms with van der Waals surface area (Å²) in [6.45, 7) is 2.35. The summed E-state index contributed by atoms with van der Waals surface area (Å²) in [7, 11) is 0. The Morgan fingerprint density at radius 2 is 2.00 bits per heavy atom. The minimum absolute atomic E-state index is 0.699. The molecule has 0 aromatic carbocycles. The molecule has 2 nitrogen and oxygen atoms in total. The lowest BCUT2D eigenvalue weighted by Gasteiger charge is -2.23. The van der Waals surface area contributed by atoms with Crippen molar-refractivity contribution in [2.75, 3.05) is 6.26 Å². The third-order valence-electron chi connectivity index (χ3n) is 2.97. The molecule has 1 heterocycles. The first kappa shape index (κ1) is 10.4. The molecule has 0 unspecified atom stereocenters. The van der Waals surface area contributed by atoms with Crippen molar-refractivity contribution in [3.63, 3.8) is 0 Å². The molecule has 0 radical (unpaired) electrons. The second-order valence-electron chi connectivity index (χ2n) is 4.08. The second-order valence-corrected chi connectivity index (χ2v) is 5.63. The van der Waals surface area contributed by atoms with Crippen LogP contribution in [0.5, 0.6) is 0 Å². The average Bonchev–Trinajstić information content (AvgIpc) is 2.67. The molecule has 0 aliphatic heterocycles. The summed E-state index contributed by atoms with van der Waals surface area (Å²) in [5.74, 6) is 1.61. The fraction of sp³-hybridized carbons (Fsp3) is 0.800. The summed E-state index contributed by atoms with van der Waals surface area (Å²) >= 11 is 3.24. The first-order valence-electron chi connectivity index (χ1n) is 5.17. The average molecular weight is 228 g/mol. The zero-order chi connectivity index (χ0) is 9.97. The largest absolute Gasteiger partial charge is 0.214 e. The lowest BCUT2D eigenvalue weighted by molar-refractivity contribution is 0.347. The van der Waals surface area contributed by atoms with Crippen molar-refractivity contribution in [1.82, 2.24) is 9.36 Å². The van der Waals surface area contributed by atoms with Gasteiger partial charge in [-0.25, -0.2) is 4.98 Å². The highest BCUT2D eigenvalue weighted by Gasteiger charge is 2.22. The highest BCUT2D eigenvalue weighted by molar-refractivity contribution is 7.98. The third-order valence-corrected chi connectivity index (χ3v) is 4.51. The van der Waals surface area contributed by atoms with Crippen LogP contribution in [0, 0.1) is 5.92 Å². The fourth-order valence-corrected chi connectivity index (χ4v) is 3.36. The number of nitrogens with zero attached hydrogens (tertiary/aromatic N) is 2. The van der Waals surface area contributed by atoms with Crippen molar-refractivity contribution in [1.29, 1.82) is 0 Å². The summed E-state index contributed by atoms with van der Waals surface area (Å²) in [4.78, 5) is 4.55. The second kappa shape index (κ2) is 4.62. The van der Waals surface area contributed by atoms with Crippen molar-refractivity contribution in [2.24, 2.45) is 5.92 Å². The predicted molar refractivity (Wildman–Crippen MR) is 62.1 cm³/mol. The molecular formula is C10H16N2S2. The summed E-state index contributed by atoms with van der Waals surface area (Å²) in [5.41, 5.74) is 0. The van der Waals surface area contributed by atoms with Crippen LogP contribution in [0.3, 0.4) is 0 Å². The standard InChI is InChI=1S/C10H16N2S2/c1-7-3-5-8(6-4-7)9-11-10(13-2)12-14-9/h7-8H,3-6H2,1-2H3. The van der Waals surface area contributed by atoms with Gasteiger partial charge >= 0.3 is 0 Å². The van der Waals surface area contributed by atoms with Gasteiger partial charge < -0.3 is 0 Å². The number of thioether (sulfide) groups is 1. The smallest absolute Gasteiger partial charge is 0.200 e. The number of aromatic nitrogens is 2. The molecule has 1 aliphatic carbocycles. The maximum atomic E-state index is 4.55. The molecular weight excluding hydrogens is 212 g/mol. The summed E-state index contributed by atoms with van der Waals surface area (Å²) in [6.07, 6.45) is 7.38. The van der Waals surface area contributed by atoms with E-state index in [1.165, 1.54) is 30.7 Å². The van der Waals surface area contributed by atoms with Crippen molar-refractivity contribution in [3.8, 4) is 0 Å².